The van der Waals surface area contributed by atoms with Gasteiger partial charge in [-0.1, -0.05) is 0 Å². The molecule has 0 aliphatic rings. The molecule has 78 valence electrons. The van der Waals surface area contributed by atoms with E-state index in [1.165, 1.54) is 0 Å². The van der Waals surface area contributed by atoms with Crippen molar-refractivity contribution in [2.24, 2.45) is 0 Å². The Bertz CT molecular complexity index is 237. The molecule has 0 amide bonds. The molecular weight excluding hydrogens is 319 g/mol. The Morgan fingerprint density at radius 3 is 0.625 bits per heavy atom. The molecule has 0 fully saturated rings. The summed E-state index contributed by atoms with van der Waals surface area (Å²) in [6.07, 6.45) is 0. The van der Waals surface area contributed by atoms with Crippen LogP contribution in [0.4, 0.5) is 0 Å². The van der Waals surface area contributed by atoms with E-state index in [-0.39, 0.29) is 35.6 Å². The van der Waals surface area contributed by atoms with E-state index in [9.17, 15) is 0 Å². The Morgan fingerprint density at radius 1 is 0.375 bits per heavy atom. The summed E-state index contributed by atoms with van der Waals surface area (Å²) in [6, 6.07) is 36.0. The Hall–Kier alpha value is -0.755. The fourth-order valence-corrected chi connectivity index (χ4v) is 0.541. The van der Waals surface area contributed by atoms with Crippen molar-refractivity contribution in [1.82, 2.24) is 0 Å². The number of rotatable bonds is 0. The van der Waals surface area contributed by atoms with E-state index in [1.54, 1.807) is 18.2 Å². The van der Waals surface area contributed by atoms with Gasteiger partial charge in [0.25, 0.3) is 0 Å². The van der Waals surface area contributed by atoms with Gasteiger partial charge in [-0.2, -0.15) is 0 Å². The molecule has 0 aliphatic carbocycles. The maximum Gasteiger partial charge on any atom is 3.00 e. The van der Waals surface area contributed by atoms with E-state index in [0.717, 1.165) is 0 Å². The Kier molecular flexibility index (Phi) is 11.7. The van der Waals surface area contributed by atoms with Gasteiger partial charge in [-0.25, -0.2) is 0 Å². The van der Waals surface area contributed by atoms with Gasteiger partial charge in [0.15, 0.2) is 0 Å². The van der Waals surface area contributed by atoms with Crippen LogP contribution in [0.15, 0.2) is 18.2 Å². The summed E-state index contributed by atoms with van der Waals surface area (Å²) in [4.78, 5) is 0. The van der Waals surface area contributed by atoms with Crippen molar-refractivity contribution in [2.45, 2.75) is 0 Å². The van der Waals surface area contributed by atoms with Gasteiger partial charge in [-0.05, 0) is 0 Å². The van der Waals surface area contributed by atoms with Crippen LogP contribution in [0.3, 0.4) is 0 Å². The van der Waals surface area contributed by atoms with Crippen LogP contribution in [0.25, 0.3) is 0 Å². The molecule has 0 aliphatic heterocycles. The van der Waals surface area contributed by atoms with Crippen LogP contribution in [0.1, 0.15) is 0 Å². The largest absolute Gasteiger partial charge is 3.00 e. The van der Waals surface area contributed by atoms with Gasteiger partial charge in [-0.3, -0.25) is 0 Å². The van der Waals surface area contributed by atoms with Crippen LogP contribution in [0.2, 0.25) is 0 Å². The molecule has 0 saturated carbocycles. The minimum atomic E-state index is 0. The van der Waals surface area contributed by atoms with E-state index in [0.29, 0.717) is 0 Å². The van der Waals surface area contributed by atoms with Gasteiger partial charge in [0.2, 0.25) is 0 Å². The zero-order valence-corrected chi connectivity index (χ0v) is 11.9. The van der Waals surface area contributed by atoms with Crippen molar-refractivity contribution in [3.05, 3.63) is 91.0 Å². The van der Waals surface area contributed by atoms with Crippen LogP contribution in [-0.2, 0) is 0 Å². The predicted molar refractivity (Wildman–Crippen MR) is 52.1 cm³/mol. The zero-order chi connectivity index (χ0) is 10.6. The molecule has 1 heteroatoms. The molecule has 0 nitrogen and oxygen atoms in total. The van der Waals surface area contributed by atoms with Crippen molar-refractivity contribution >= 4 is 0 Å². The first-order valence-electron chi connectivity index (χ1n) is 3.98. The fourth-order valence-electron chi connectivity index (χ4n) is 0.541. The normalized spacial score (nSPS) is 7.50. The summed E-state index contributed by atoms with van der Waals surface area (Å²) in [5.74, 6) is 0. The molecule has 0 spiro atoms. The maximum absolute atomic E-state index is 2.62. The van der Waals surface area contributed by atoms with Crippen LogP contribution >= 0.6 is 0 Å². The predicted octanol–water partition coefficient (Wildman–Crippen LogP) is 1.82. The van der Waals surface area contributed by atoms with Gasteiger partial charge < -0.3 is 91.0 Å². The molecule has 0 aromatic heterocycles. The summed E-state index contributed by atoms with van der Waals surface area (Å²) in [5, 5.41) is 0. The molecule has 0 saturated heterocycles. The van der Waals surface area contributed by atoms with Crippen molar-refractivity contribution in [3.63, 3.8) is 0 Å². The minimum absolute atomic E-state index is 0. The van der Waals surface area contributed by atoms with E-state index < -0.39 is 0 Å². The number of hydrogen-bond acceptors (Lipinski definition) is 0. The second kappa shape index (κ2) is 12.3. The number of hydrogen-bond donors (Lipinski definition) is 0. The molecule has 0 unspecified atom stereocenters. The standard InChI is InChI=1S/3C5H.La/c3*1-2-4-5-3-1;/h3*1H;/q3*-5;+3. The molecule has 0 heterocycles. The first-order chi connectivity index (χ1) is 7.50. The molecule has 3 aromatic carbocycles. The Labute approximate surface area is 126 Å². The van der Waals surface area contributed by atoms with Crippen molar-refractivity contribution in [1.29, 1.82) is 0 Å². The van der Waals surface area contributed by atoms with Crippen LogP contribution in [-0.4, -0.2) is 0 Å². The first kappa shape index (κ1) is 15.2. The molecule has 3 aromatic rings. The molecule has 0 bridgehead atoms. The third-order valence-electron chi connectivity index (χ3n) is 1.05. The SMILES string of the molecule is [La+3].[c-]1[c-][c-][cH-][c-]1.[c-]1[c-][c-][cH-][c-]1.[c-]1[c-][c-][cH-][c-]1. The second-order valence-corrected chi connectivity index (χ2v) is 2.05. The second-order valence-electron chi connectivity index (χ2n) is 2.05. The third-order valence-corrected chi connectivity index (χ3v) is 1.05. The summed E-state index contributed by atoms with van der Waals surface area (Å²) in [7, 11) is 0. The maximum atomic E-state index is 2.62. The van der Waals surface area contributed by atoms with Gasteiger partial charge in [0.05, 0.1) is 0 Å². The Morgan fingerprint density at radius 2 is 0.562 bits per heavy atom. The van der Waals surface area contributed by atoms with E-state index in [2.05, 4.69) is 72.8 Å². The molecule has 0 N–H and O–H groups in total. The van der Waals surface area contributed by atoms with Gasteiger partial charge in [-0.15, -0.1) is 0 Å². The van der Waals surface area contributed by atoms with Gasteiger partial charge in [0, 0.05) is 0 Å². The minimum Gasteiger partial charge on any atom is -0.999 e. The van der Waals surface area contributed by atoms with Crippen LogP contribution < -0.4 is 0 Å². The fraction of sp³-hybridized carbons (Fsp3) is 0. The van der Waals surface area contributed by atoms with Crippen molar-refractivity contribution in [2.75, 3.05) is 0 Å². The van der Waals surface area contributed by atoms with Crippen molar-refractivity contribution in [3.8, 4) is 0 Å². The molecular formula is C15H3La-12. The van der Waals surface area contributed by atoms with Gasteiger partial charge in [0.1, 0.15) is 0 Å². The monoisotopic (exact) mass is 322 g/mol. The molecule has 16 heavy (non-hydrogen) atoms. The van der Waals surface area contributed by atoms with Crippen LogP contribution in [0.5, 0.6) is 0 Å². The summed E-state index contributed by atoms with van der Waals surface area (Å²) >= 11 is 0. The van der Waals surface area contributed by atoms with E-state index >= 15 is 0 Å². The van der Waals surface area contributed by atoms with Gasteiger partial charge >= 0.3 is 35.6 Å². The summed E-state index contributed by atoms with van der Waals surface area (Å²) in [6.45, 7) is 0. The topological polar surface area (TPSA) is 0 Å². The third kappa shape index (κ3) is 9.79. The van der Waals surface area contributed by atoms with Crippen molar-refractivity contribution < 1.29 is 35.6 Å². The smallest absolute Gasteiger partial charge is 0.999 e. The quantitative estimate of drug-likeness (QED) is 0.554. The van der Waals surface area contributed by atoms with E-state index in [1.807, 2.05) is 0 Å². The summed E-state index contributed by atoms with van der Waals surface area (Å²) < 4.78 is 0. The Balaban J connectivity index is 0.000000205. The zero-order valence-electron chi connectivity index (χ0n) is 8.31. The molecule has 0 atom stereocenters. The van der Waals surface area contributed by atoms with E-state index in [4.69, 9.17) is 0 Å². The molecule has 0 radical (unpaired) electrons. The molecule has 3 rings (SSSR count). The average Bonchev–Trinajstić information content (AvgIpc) is 3.09. The average molecular weight is 322 g/mol. The summed E-state index contributed by atoms with van der Waals surface area (Å²) in [5.41, 5.74) is 0. The van der Waals surface area contributed by atoms with Crippen LogP contribution in [0, 0.1) is 108 Å². The first-order valence-corrected chi connectivity index (χ1v) is 3.98.